The summed E-state index contributed by atoms with van der Waals surface area (Å²) in [7, 11) is 1.69. The van der Waals surface area contributed by atoms with Crippen LogP contribution >= 0.6 is 0 Å². The molecule has 0 radical (unpaired) electrons. The van der Waals surface area contributed by atoms with Crippen LogP contribution < -0.4 is 5.32 Å². The number of benzene rings is 2. The van der Waals surface area contributed by atoms with Crippen LogP contribution in [0.25, 0.3) is 22.0 Å². The monoisotopic (exact) mass is 349 g/mol. The second-order valence-corrected chi connectivity index (χ2v) is 5.99. The van der Waals surface area contributed by atoms with Gasteiger partial charge >= 0.3 is 0 Å². The number of hydrogen-bond acceptors (Lipinski definition) is 3. The van der Waals surface area contributed by atoms with Gasteiger partial charge in [0, 0.05) is 24.1 Å². The van der Waals surface area contributed by atoms with Crippen molar-refractivity contribution >= 4 is 22.6 Å². The lowest BCUT2D eigenvalue weighted by atomic mass is 10.0. The molecule has 0 unspecified atom stereocenters. The molecule has 0 aliphatic carbocycles. The maximum Gasteiger partial charge on any atom is 0.245 e. The van der Waals surface area contributed by atoms with E-state index in [1.54, 1.807) is 19.2 Å². The van der Waals surface area contributed by atoms with Crippen molar-refractivity contribution < 1.29 is 9.18 Å². The van der Waals surface area contributed by atoms with E-state index in [4.69, 9.17) is 0 Å². The smallest absolute Gasteiger partial charge is 0.245 e. The highest BCUT2D eigenvalue weighted by Gasteiger charge is 2.09. The minimum Gasteiger partial charge on any atom is -0.338 e. The molecule has 130 valence electrons. The Bertz CT molecular complexity index is 1080. The standard InChI is InChI=1S/C19H16FN5O/c1-24-21-11-18(23-24)22-19(26)12-25-9-8-15-10-14(4-7-17(15)25)13-2-5-16(20)6-3-13/h2-11H,12H2,1H3,(H,22,23,26). The number of fused-ring (bicyclic) bond motifs is 1. The van der Waals surface area contributed by atoms with E-state index in [0.717, 1.165) is 22.0 Å². The van der Waals surface area contributed by atoms with Gasteiger partial charge in [0.1, 0.15) is 12.4 Å². The Balaban J connectivity index is 1.55. The summed E-state index contributed by atoms with van der Waals surface area (Å²) in [4.78, 5) is 13.6. The SMILES string of the molecule is Cn1ncc(NC(=O)Cn2ccc3cc(-c4ccc(F)cc4)ccc32)n1. The van der Waals surface area contributed by atoms with Crippen LogP contribution in [0.4, 0.5) is 10.2 Å². The van der Waals surface area contributed by atoms with Gasteiger partial charge in [0.25, 0.3) is 0 Å². The van der Waals surface area contributed by atoms with E-state index < -0.39 is 0 Å². The number of aryl methyl sites for hydroxylation is 1. The van der Waals surface area contributed by atoms with Crippen molar-refractivity contribution in [3.05, 3.63) is 66.7 Å². The molecule has 0 saturated heterocycles. The van der Waals surface area contributed by atoms with Crippen molar-refractivity contribution in [2.45, 2.75) is 6.54 Å². The van der Waals surface area contributed by atoms with Crippen LogP contribution in [0.3, 0.4) is 0 Å². The van der Waals surface area contributed by atoms with Crippen molar-refractivity contribution in [2.24, 2.45) is 7.05 Å². The first kappa shape index (κ1) is 16.0. The van der Waals surface area contributed by atoms with E-state index in [9.17, 15) is 9.18 Å². The quantitative estimate of drug-likeness (QED) is 0.615. The second kappa shape index (κ2) is 6.44. The Morgan fingerprint density at radius 2 is 1.88 bits per heavy atom. The van der Waals surface area contributed by atoms with Crippen LogP contribution in [-0.4, -0.2) is 25.5 Å². The van der Waals surface area contributed by atoms with Crippen LogP contribution in [0.1, 0.15) is 0 Å². The Labute approximate surface area is 148 Å². The normalized spacial score (nSPS) is 11.0. The third kappa shape index (κ3) is 3.19. The molecule has 0 fully saturated rings. The van der Waals surface area contributed by atoms with Crippen LogP contribution in [0.15, 0.2) is 60.9 Å². The van der Waals surface area contributed by atoms with Gasteiger partial charge in [-0.1, -0.05) is 18.2 Å². The van der Waals surface area contributed by atoms with E-state index in [2.05, 4.69) is 15.5 Å². The minimum absolute atomic E-state index is 0.175. The van der Waals surface area contributed by atoms with Gasteiger partial charge in [-0.3, -0.25) is 4.79 Å². The number of rotatable bonds is 4. The van der Waals surface area contributed by atoms with E-state index in [1.807, 2.05) is 35.0 Å². The van der Waals surface area contributed by atoms with Gasteiger partial charge in [0.2, 0.25) is 5.91 Å². The maximum absolute atomic E-state index is 13.1. The van der Waals surface area contributed by atoms with Crippen LogP contribution in [0.2, 0.25) is 0 Å². The lowest BCUT2D eigenvalue weighted by Crippen LogP contribution is -2.18. The topological polar surface area (TPSA) is 64.7 Å². The zero-order valence-electron chi connectivity index (χ0n) is 14.1. The molecule has 6 nitrogen and oxygen atoms in total. The molecule has 0 bridgehead atoms. The van der Waals surface area contributed by atoms with Crippen molar-refractivity contribution in [2.75, 3.05) is 5.32 Å². The highest BCUT2D eigenvalue weighted by atomic mass is 19.1. The van der Waals surface area contributed by atoms with Crippen molar-refractivity contribution in [1.82, 2.24) is 19.6 Å². The van der Waals surface area contributed by atoms with Gasteiger partial charge in [-0.2, -0.15) is 9.90 Å². The van der Waals surface area contributed by atoms with E-state index in [1.165, 1.54) is 23.1 Å². The summed E-state index contributed by atoms with van der Waals surface area (Å²) in [5.74, 6) is -0.00623. The molecular weight excluding hydrogens is 333 g/mol. The number of aromatic nitrogens is 4. The summed E-state index contributed by atoms with van der Waals surface area (Å²) < 4.78 is 15.0. The van der Waals surface area contributed by atoms with Gasteiger partial charge in [-0.05, 0) is 41.5 Å². The molecular formula is C19H16FN5O. The lowest BCUT2D eigenvalue weighted by Gasteiger charge is -2.07. The summed E-state index contributed by atoms with van der Waals surface area (Å²) in [5, 5.41) is 11.7. The Kier molecular flexibility index (Phi) is 3.96. The molecule has 1 N–H and O–H groups in total. The first-order valence-electron chi connectivity index (χ1n) is 8.09. The summed E-state index contributed by atoms with van der Waals surface area (Å²) in [6.45, 7) is 0.177. The molecule has 2 aromatic carbocycles. The Morgan fingerprint density at radius 3 is 2.62 bits per heavy atom. The van der Waals surface area contributed by atoms with Gasteiger partial charge < -0.3 is 9.88 Å². The number of nitrogens with zero attached hydrogens (tertiary/aromatic N) is 4. The van der Waals surface area contributed by atoms with Crippen molar-refractivity contribution in [3.63, 3.8) is 0 Å². The number of anilines is 1. The highest BCUT2D eigenvalue weighted by molar-refractivity contribution is 5.92. The molecule has 0 saturated carbocycles. The molecule has 0 aliphatic heterocycles. The zero-order valence-corrected chi connectivity index (χ0v) is 14.1. The molecule has 0 atom stereocenters. The fourth-order valence-corrected chi connectivity index (χ4v) is 2.90. The molecule has 2 aromatic heterocycles. The largest absolute Gasteiger partial charge is 0.338 e. The number of amides is 1. The number of carbonyl (C=O) groups excluding carboxylic acids is 1. The zero-order chi connectivity index (χ0) is 18.1. The van der Waals surface area contributed by atoms with Gasteiger partial charge in [-0.25, -0.2) is 4.39 Å². The number of hydrogen-bond donors (Lipinski definition) is 1. The maximum atomic E-state index is 13.1. The average Bonchev–Trinajstić information content (AvgIpc) is 3.21. The molecule has 26 heavy (non-hydrogen) atoms. The van der Waals surface area contributed by atoms with Crippen LogP contribution in [-0.2, 0) is 18.4 Å². The molecule has 4 aromatic rings. The Hall–Kier alpha value is -3.48. The van der Waals surface area contributed by atoms with Crippen LogP contribution in [0, 0.1) is 5.82 Å². The summed E-state index contributed by atoms with van der Waals surface area (Å²) in [6, 6.07) is 14.3. The summed E-state index contributed by atoms with van der Waals surface area (Å²) in [6.07, 6.45) is 3.37. The molecule has 0 aliphatic rings. The van der Waals surface area contributed by atoms with Gasteiger partial charge in [0.05, 0.1) is 6.20 Å². The van der Waals surface area contributed by atoms with Crippen molar-refractivity contribution in [3.8, 4) is 11.1 Å². The molecule has 2 heterocycles. The first-order chi connectivity index (χ1) is 12.6. The predicted octanol–water partition coefficient (Wildman–Crippen LogP) is 3.21. The third-order valence-electron chi connectivity index (χ3n) is 4.13. The molecule has 0 spiro atoms. The van der Waals surface area contributed by atoms with E-state index in [-0.39, 0.29) is 18.3 Å². The lowest BCUT2D eigenvalue weighted by molar-refractivity contribution is -0.116. The van der Waals surface area contributed by atoms with E-state index >= 15 is 0 Å². The van der Waals surface area contributed by atoms with Gasteiger partial charge in [0.15, 0.2) is 5.82 Å². The predicted molar refractivity (Wildman–Crippen MR) is 97.0 cm³/mol. The minimum atomic E-state index is -0.255. The third-order valence-corrected chi connectivity index (χ3v) is 4.13. The molecule has 1 amide bonds. The van der Waals surface area contributed by atoms with Gasteiger partial charge in [-0.15, -0.1) is 5.10 Å². The fourth-order valence-electron chi connectivity index (χ4n) is 2.90. The second-order valence-electron chi connectivity index (χ2n) is 5.99. The average molecular weight is 349 g/mol. The number of carbonyl (C=O) groups is 1. The molecule has 7 heteroatoms. The summed E-state index contributed by atoms with van der Waals surface area (Å²) in [5.41, 5.74) is 2.89. The molecule has 4 rings (SSSR count). The summed E-state index contributed by atoms with van der Waals surface area (Å²) >= 11 is 0. The van der Waals surface area contributed by atoms with Crippen LogP contribution in [0.5, 0.6) is 0 Å². The number of nitrogens with one attached hydrogen (secondary N) is 1. The first-order valence-corrected chi connectivity index (χ1v) is 8.09. The number of halogens is 1. The van der Waals surface area contributed by atoms with E-state index in [0.29, 0.717) is 5.82 Å². The van der Waals surface area contributed by atoms with Crippen molar-refractivity contribution in [1.29, 1.82) is 0 Å². The highest BCUT2D eigenvalue weighted by Crippen LogP contribution is 2.25. The fraction of sp³-hybridized carbons (Fsp3) is 0.105. The Morgan fingerprint density at radius 1 is 1.12 bits per heavy atom.